The SMILES string of the molecule is C=CC[C@@H]1[C@@H]([C@@H](C)O[Si](C)(C)C(C)(C)C)C(=O)N1C(=S)Nc1ccc(Cl)cc1. The van der Waals surface area contributed by atoms with Crippen LogP contribution in [0.3, 0.4) is 0 Å². The van der Waals surface area contributed by atoms with Crippen LogP contribution in [-0.2, 0) is 9.22 Å². The summed E-state index contributed by atoms with van der Waals surface area (Å²) in [6, 6.07) is 7.19. The normalized spacial score (nSPS) is 21.1. The monoisotopic (exact) mass is 438 g/mol. The van der Waals surface area contributed by atoms with Gasteiger partial charge in [-0.25, -0.2) is 0 Å². The molecule has 3 atom stereocenters. The Morgan fingerprint density at radius 1 is 1.39 bits per heavy atom. The number of halogens is 1. The van der Waals surface area contributed by atoms with Crippen LogP contribution >= 0.6 is 23.8 Å². The fourth-order valence-corrected chi connectivity index (χ4v) is 5.08. The van der Waals surface area contributed by atoms with E-state index in [0.29, 0.717) is 16.6 Å². The number of nitrogens with zero attached hydrogens (tertiary/aromatic N) is 1. The third-order valence-corrected chi connectivity index (χ3v) is 10.9. The lowest BCUT2D eigenvalue weighted by atomic mass is 9.82. The third-order valence-electron chi connectivity index (χ3n) is 5.78. The Balaban J connectivity index is 2.12. The van der Waals surface area contributed by atoms with E-state index in [1.165, 1.54) is 0 Å². The largest absolute Gasteiger partial charge is 0.413 e. The number of likely N-dealkylation sites (tertiary alicyclic amines) is 1. The van der Waals surface area contributed by atoms with Crippen molar-refractivity contribution in [2.45, 2.75) is 64.4 Å². The summed E-state index contributed by atoms with van der Waals surface area (Å²) in [5.41, 5.74) is 0.800. The second-order valence-electron chi connectivity index (χ2n) is 8.85. The van der Waals surface area contributed by atoms with Crippen molar-refractivity contribution >= 4 is 48.8 Å². The second-order valence-corrected chi connectivity index (χ2v) is 14.4. The molecule has 0 aromatic heterocycles. The molecule has 1 aliphatic heterocycles. The van der Waals surface area contributed by atoms with Gasteiger partial charge in [0.1, 0.15) is 0 Å². The zero-order valence-corrected chi connectivity index (χ0v) is 20.2. The number of hydrogen-bond acceptors (Lipinski definition) is 3. The number of β-lactam (4-membered cyclic amide) rings is 1. The van der Waals surface area contributed by atoms with E-state index in [4.69, 9.17) is 28.2 Å². The average Bonchev–Trinajstić information content (AvgIpc) is 2.55. The van der Waals surface area contributed by atoms with Gasteiger partial charge >= 0.3 is 0 Å². The summed E-state index contributed by atoms with van der Waals surface area (Å²) >= 11 is 11.4. The molecule has 7 heteroatoms. The lowest BCUT2D eigenvalue weighted by molar-refractivity contribution is -0.153. The first kappa shape index (κ1) is 23.1. The van der Waals surface area contributed by atoms with Gasteiger partial charge in [-0.1, -0.05) is 38.4 Å². The molecule has 1 aromatic carbocycles. The molecule has 1 N–H and O–H groups in total. The van der Waals surface area contributed by atoms with Crippen molar-refractivity contribution in [2.75, 3.05) is 5.32 Å². The summed E-state index contributed by atoms with van der Waals surface area (Å²) in [4.78, 5) is 14.6. The first-order chi connectivity index (χ1) is 12.9. The summed E-state index contributed by atoms with van der Waals surface area (Å²) in [7, 11) is -1.97. The smallest absolute Gasteiger partial charge is 0.236 e. The van der Waals surface area contributed by atoms with Crippen LogP contribution in [0.4, 0.5) is 5.69 Å². The Hall–Kier alpha value is -1.21. The zero-order valence-electron chi connectivity index (χ0n) is 17.6. The molecule has 1 aliphatic rings. The number of nitrogens with one attached hydrogen (secondary N) is 1. The molecule has 4 nitrogen and oxygen atoms in total. The molecular weight excluding hydrogens is 408 g/mol. The molecule has 154 valence electrons. The summed E-state index contributed by atoms with van der Waals surface area (Å²) in [6.45, 7) is 16.9. The molecule has 1 aromatic rings. The molecule has 0 bridgehead atoms. The van der Waals surface area contributed by atoms with E-state index in [0.717, 1.165) is 5.69 Å². The van der Waals surface area contributed by atoms with Crippen molar-refractivity contribution in [3.8, 4) is 0 Å². The van der Waals surface area contributed by atoms with Gasteiger partial charge in [0.2, 0.25) is 5.91 Å². The van der Waals surface area contributed by atoms with Gasteiger partial charge in [0, 0.05) is 10.7 Å². The van der Waals surface area contributed by atoms with Crippen molar-refractivity contribution in [3.63, 3.8) is 0 Å². The maximum absolute atomic E-state index is 13.0. The molecular formula is C21H31ClN2O2SSi. The number of amides is 1. The number of rotatable bonds is 6. The summed E-state index contributed by atoms with van der Waals surface area (Å²) < 4.78 is 6.49. The highest BCUT2D eigenvalue weighted by atomic mass is 35.5. The Labute approximate surface area is 180 Å². The Morgan fingerprint density at radius 2 is 1.96 bits per heavy atom. The highest BCUT2D eigenvalue weighted by molar-refractivity contribution is 7.80. The van der Waals surface area contributed by atoms with Crippen molar-refractivity contribution in [2.24, 2.45) is 5.92 Å². The Kier molecular flexibility index (Phi) is 7.13. The molecule has 0 unspecified atom stereocenters. The quantitative estimate of drug-likeness (QED) is 0.262. The van der Waals surface area contributed by atoms with Gasteiger partial charge in [-0.05, 0) is 68.0 Å². The number of benzene rings is 1. The zero-order chi connectivity index (χ0) is 21.3. The van der Waals surface area contributed by atoms with E-state index < -0.39 is 8.32 Å². The maximum atomic E-state index is 13.0. The van der Waals surface area contributed by atoms with Crippen molar-refractivity contribution in [3.05, 3.63) is 41.9 Å². The van der Waals surface area contributed by atoms with Gasteiger partial charge in [-0.2, -0.15) is 0 Å². The lowest BCUT2D eigenvalue weighted by Gasteiger charge is -2.51. The highest BCUT2D eigenvalue weighted by Gasteiger charge is 2.53. The molecule has 1 amide bonds. The topological polar surface area (TPSA) is 41.6 Å². The average molecular weight is 439 g/mol. The molecule has 0 saturated carbocycles. The van der Waals surface area contributed by atoms with Crippen molar-refractivity contribution in [1.82, 2.24) is 4.90 Å². The van der Waals surface area contributed by atoms with Gasteiger partial charge in [0.25, 0.3) is 0 Å². The molecule has 1 heterocycles. The highest BCUT2D eigenvalue weighted by Crippen LogP contribution is 2.41. The fraction of sp³-hybridized carbons (Fsp3) is 0.524. The minimum atomic E-state index is -1.97. The molecule has 1 fully saturated rings. The van der Waals surface area contributed by atoms with E-state index in [1.807, 2.05) is 25.1 Å². The van der Waals surface area contributed by atoms with E-state index in [-0.39, 0.29) is 29.0 Å². The van der Waals surface area contributed by atoms with Gasteiger partial charge in [-0.3, -0.25) is 9.69 Å². The molecule has 2 rings (SSSR count). The number of carbonyl (C=O) groups is 1. The van der Waals surface area contributed by atoms with E-state index in [9.17, 15) is 4.79 Å². The van der Waals surface area contributed by atoms with E-state index in [2.05, 4.69) is 45.8 Å². The van der Waals surface area contributed by atoms with E-state index in [1.54, 1.807) is 17.0 Å². The first-order valence-electron chi connectivity index (χ1n) is 9.57. The lowest BCUT2D eigenvalue weighted by Crippen LogP contribution is -2.67. The van der Waals surface area contributed by atoms with Crippen LogP contribution in [0.5, 0.6) is 0 Å². The molecule has 0 aliphatic carbocycles. The summed E-state index contributed by atoms with van der Waals surface area (Å²) in [5.74, 6) is -0.207. The van der Waals surface area contributed by atoms with Crippen LogP contribution in [0.15, 0.2) is 36.9 Å². The van der Waals surface area contributed by atoms with Crippen LogP contribution in [-0.4, -0.2) is 36.4 Å². The summed E-state index contributed by atoms with van der Waals surface area (Å²) in [5, 5.41) is 4.27. The van der Waals surface area contributed by atoms with Gasteiger partial charge in [0.15, 0.2) is 13.4 Å². The predicted molar refractivity (Wildman–Crippen MR) is 124 cm³/mol. The van der Waals surface area contributed by atoms with Crippen LogP contribution in [0.2, 0.25) is 23.2 Å². The molecule has 0 spiro atoms. The van der Waals surface area contributed by atoms with E-state index >= 15 is 0 Å². The minimum absolute atomic E-state index is 0.00419. The second kappa shape index (κ2) is 8.65. The van der Waals surface area contributed by atoms with Gasteiger partial charge < -0.3 is 9.74 Å². The standard InChI is InChI=1S/C21H31ClN2O2SSi/c1-8-9-17-18(14(2)26-28(6,7)21(3,4)5)19(25)24(17)20(27)23-16-12-10-15(22)11-13-16/h8,10-14,17-18H,1,9H2,2-7H3,(H,23,27)/t14-,17-,18-/m1/s1. The Morgan fingerprint density at radius 3 is 2.46 bits per heavy atom. The molecule has 28 heavy (non-hydrogen) atoms. The van der Waals surface area contributed by atoms with Crippen LogP contribution < -0.4 is 5.32 Å². The maximum Gasteiger partial charge on any atom is 0.236 e. The number of hydrogen-bond donors (Lipinski definition) is 1. The van der Waals surface area contributed by atoms with Crippen molar-refractivity contribution < 1.29 is 9.22 Å². The molecule has 0 radical (unpaired) electrons. The predicted octanol–water partition coefficient (Wildman–Crippen LogP) is 5.85. The first-order valence-corrected chi connectivity index (χ1v) is 13.3. The number of carbonyl (C=O) groups excluding carboxylic acids is 1. The van der Waals surface area contributed by atoms with Crippen LogP contribution in [0.25, 0.3) is 0 Å². The van der Waals surface area contributed by atoms with Gasteiger partial charge in [-0.15, -0.1) is 6.58 Å². The summed E-state index contributed by atoms with van der Waals surface area (Å²) in [6.07, 6.45) is 2.35. The third kappa shape index (κ3) is 4.85. The number of anilines is 1. The fourth-order valence-electron chi connectivity index (χ4n) is 3.19. The molecule has 1 saturated heterocycles. The number of thiocarbonyl (C=S) groups is 1. The van der Waals surface area contributed by atoms with Crippen molar-refractivity contribution in [1.29, 1.82) is 0 Å². The van der Waals surface area contributed by atoms with Gasteiger partial charge in [0.05, 0.1) is 18.1 Å². The van der Waals surface area contributed by atoms with Crippen LogP contribution in [0, 0.1) is 5.92 Å². The Bertz CT molecular complexity index is 746. The van der Waals surface area contributed by atoms with Crippen LogP contribution in [0.1, 0.15) is 34.1 Å². The minimum Gasteiger partial charge on any atom is -0.413 e.